The van der Waals surface area contributed by atoms with Gasteiger partial charge in [0.15, 0.2) is 0 Å². The normalized spacial score (nSPS) is 19.7. The Balaban J connectivity index is 1.74. The first-order valence-corrected chi connectivity index (χ1v) is 7.66. The zero-order chi connectivity index (χ0) is 15.5. The molecule has 0 aliphatic carbocycles. The molecule has 0 radical (unpaired) electrons. The number of benzene rings is 1. The molecule has 1 unspecified atom stereocenters. The summed E-state index contributed by atoms with van der Waals surface area (Å²) in [6.45, 7) is 11.0. The van der Waals surface area contributed by atoms with Crippen molar-refractivity contribution in [1.29, 1.82) is 5.41 Å². The number of ether oxygens (including phenoxy) is 1. The molecule has 116 valence electrons. The van der Waals surface area contributed by atoms with Crippen molar-refractivity contribution in [3.63, 3.8) is 0 Å². The summed E-state index contributed by atoms with van der Waals surface area (Å²) in [6, 6.07) is 7.39. The highest BCUT2D eigenvalue weighted by molar-refractivity contribution is 5.94. The Morgan fingerprint density at radius 3 is 2.52 bits per heavy atom. The van der Waals surface area contributed by atoms with E-state index < -0.39 is 0 Å². The molecule has 1 aliphatic heterocycles. The summed E-state index contributed by atoms with van der Waals surface area (Å²) < 4.78 is 5.77. The number of nitrogen functional groups attached to an aromatic ring is 1. The standard InChI is InChI=1S/C17H27N3O/c1-17(2,3)14-8-9-20(12-14)10-11-21-15-6-4-13(5-7-15)16(18)19/h4-7,14H,8-12H2,1-3H3,(H3,18,19). The summed E-state index contributed by atoms with van der Waals surface area (Å²) >= 11 is 0. The molecular formula is C17H27N3O. The molecule has 3 N–H and O–H groups in total. The van der Waals surface area contributed by atoms with Gasteiger partial charge < -0.3 is 10.5 Å². The Bertz CT molecular complexity index is 476. The average molecular weight is 289 g/mol. The van der Waals surface area contributed by atoms with Crippen molar-refractivity contribution in [1.82, 2.24) is 4.90 Å². The van der Waals surface area contributed by atoms with Crippen LogP contribution in [0.1, 0.15) is 32.8 Å². The Morgan fingerprint density at radius 2 is 2.00 bits per heavy atom. The predicted molar refractivity (Wildman–Crippen MR) is 87.0 cm³/mol. The molecule has 1 aromatic carbocycles. The Hall–Kier alpha value is -1.55. The van der Waals surface area contributed by atoms with Crippen LogP contribution in [0.2, 0.25) is 0 Å². The van der Waals surface area contributed by atoms with Crippen LogP contribution < -0.4 is 10.5 Å². The summed E-state index contributed by atoms with van der Waals surface area (Å²) in [7, 11) is 0. The molecule has 2 rings (SSSR count). The fraction of sp³-hybridized carbons (Fsp3) is 0.588. The van der Waals surface area contributed by atoms with Crippen molar-refractivity contribution >= 4 is 5.84 Å². The van der Waals surface area contributed by atoms with Crippen LogP contribution in [0.15, 0.2) is 24.3 Å². The second kappa shape index (κ2) is 6.48. The molecule has 0 bridgehead atoms. The Morgan fingerprint density at radius 1 is 1.33 bits per heavy atom. The Kier molecular flexibility index (Phi) is 4.88. The first kappa shape index (κ1) is 15.8. The highest BCUT2D eigenvalue weighted by Crippen LogP contribution is 2.33. The largest absolute Gasteiger partial charge is 0.492 e. The van der Waals surface area contributed by atoms with Crippen molar-refractivity contribution in [2.45, 2.75) is 27.2 Å². The lowest BCUT2D eigenvalue weighted by Gasteiger charge is -2.27. The molecule has 0 amide bonds. The first-order valence-electron chi connectivity index (χ1n) is 7.66. The van der Waals surface area contributed by atoms with Gasteiger partial charge in [0, 0.05) is 18.7 Å². The molecular weight excluding hydrogens is 262 g/mol. The molecule has 0 aromatic heterocycles. The molecule has 1 aromatic rings. The van der Waals surface area contributed by atoms with Crippen LogP contribution in [0.5, 0.6) is 5.75 Å². The Labute approximate surface area is 127 Å². The molecule has 0 saturated carbocycles. The molecule has 1 atom stereocenters. The van der Waals surface area contributed by atoms with Gasteiger partial charge in [0.05, 0.1) is 0 Å². The van der Waals surface area contributed by atoms with Gasteiger partial charge in [-0.2, -0.15) is 0 Å². The van der Waals surface area contributed by atoms with Crippen LogP contribution >= 0.6 is 0 Å². The molecule has 1 saturated heterocycles. The van der Waals surface area contributed by atoms with Gasteiger partial charge >= 0.3 is 0 Å². The van der Waals surface area contributed by atoms with Gasteiger partial charge in [-0.25, -0.2) is 0 Å². The molecule has 1 heterocycles. The van der Waals surface area contributed by atoms with Gasteiger partial charge in [0.1, 0.15) is 18.2 Å². The highest BCUT2D eigenvalue weighted by Gasteiger charge is 2.31. The lowest BCUT2D eigenvalue weighted by molar-refractivity contribution is 0.203. The van der Waals surface area contributed by atoms with Crippen LogP contribution in [0.4, 0.5) is 0 Å². The van der Waals surface area contributed by atoms with Gasteiger partial charge in [0.2, 0.25) is 0 Å². The second-order valence-corrected chi connectivity index (χ2v) is 6.94. The maximum absolute atomic E-state index is 7.36. The summed E-state index contributed by atoms with van der Waals surface area (Å²) in [5.74, 6) is 1.71. The van der Waals surface area contributed by atoms with Crippen LogP contribution in [-0.4, -0.2) is 37.0 Å². The van der Waals surface area contributed by atoms with E-state index in [0.717, 1.165) is 23.8 Å². The fourth-order valence-corrected chi connectivity index (χ4v) is 2.77. The third-order valence-corrected chi connectivity index (χ3v) is 4.34. The minimum absolute atomic E-state index is 0.0897. The van der Waals surface area contributed by atoms with Gasteiger partial charge in [-0.05, 0) is 48.6 Å². The predicted octanol–water partition coefficient (Wildman–Crippen LogP) is 2.72. The number of nitrogens with two attached hydrogens (primary N) is 1. The molecule has 1 aliphatic rings. The van der Waals surface area contributed by atoms with E-state index in [-0.39, 0.29) is 5.84 Å². The average Bonchev–Trinajstić information content (AvgIpc) is 2.88. The van der Waals surface area contributed by atoms with Gasteiger partial charge in [0.25, 0.3) is 0 Å². The summed E-state index contributed by atoms with van der Waals surface area (Å²) in [5, 5.41) is 7.36. The first-order chi connectivity index (χ1) is 9.86. The SMILES string of the molecule is CC(C)(C)C1CCN(CCOc2ccc(C(=N)N)cc2)C1. The van der Waals surface area contributed by atoms with Crippen molar-refractivity contribution in [3.8, 4) is 5.75 Å². The van der Waals surface area contributed by atoms with Gasteiger partial charge in [-0.3, -0.25) is 10.3 Å². The van der Waals surface area contributed by atoms with E-state index >= 15 is 0 Å². The topological polar surface area (TPSA) is 62.3 Å². The molecule has 4 heteroatoms. The maximum Gasteiger partial charge on any atom is 0.122 e. The monoisotopic (exact) mass is 289 g/mol. The number of amidine groups is 1. The fourth-order valence-electron chi connectivity index (χ4n) is 2.77. The summed E-state index contributed by atoms with van der Waals surface area (Å²) in [4.78, 5) is 2.49. The summed E-state index contributed by atoms with van der Waals surface area (Å²) in [5.41, 5.74) is 6.56. The van der Waals surface area contributed by atoms with E-state index in [4.69, 9.17) is 15.9 Å². The van der Waals surface area contributed by atoms with Crippen LogP contribution in [0.3, 0.4) is 0 Å². The third kappa shape index (κ3) is 4.46. The third-order valence-electron chi connectivity index (χ3n) is 4.34. The van der Waals surface area contributed by atoms with E-state index in [1.165, 1.54) is 19.5 Å². The van der Waals surface area contributed by atoms with E-state index in [1.807, 2.05) is 24.3 Å². The zero-order valence-corrected chi connectivity index (χ0v) is 13.4. The molecule has 4 nitrogen and oxygen atoms in total. The van der Waals surface area contributed by atoms with Crippen molar-refractivity contribution in [3.05, 3.63) is 29.8 Å². The van der Waals surface area contributed by atoms with Crippen molar-refractivity contribution in [2.75, 3.05) is 26.2 Å². The lowest BCUT2D eigenvalue weighted by Crippen LogP contribution is -2.29. The molecule has 1 fully saturated rings. The second-order valence-electron chi connectivity index (χ2n) is 6.94. The minimum atomic E-state index is 0.0897. The maximum atomic E-state index is 7.36. The summed E-state index contributed by atoms with van der Waals surface area (Å²) in [6.07, 6.45) is 1.29. The molecule has 0 spiro atoms. The van der Waals surface area contributed by atoms with Gasteiger partial charge in [-0.1, -0.05) is 20.8 Å². The number of nitrogens with zero attached hydrogens (tertiary/aromatic N) is 1. The molecule has 21 heavy (non-hydrogen) atoms. The van der Waals surface area contributed by atoms with Crippen LogP contribution in [0.25, 0.3) is 0 Å². The van der Waals surface area contributed by atoms with Crippen molar-refractivity contribution < 1.29 is 4.74 Å². The number of nitrogens with one attached hydrogen (secondary N) is 1. The van der Waals surface area contributed by atoms with Crippen LogP contribution in [-0.2, 0) is 0 Å². The van der Waals surface area contributed by atoms with Crippen LogP contribution in [0, 0.1) is 16.7 Å². The highest BCUT2D eigenvalue weighted by atomic mass is 16.5. The lowest BCUT2D eigenvalue weighted by atomic mass is 9.80. The van der Waals surface area contributed by atoms with Crippen molar-refractivity contribution in [2.24, 2.45) is 17.1 Å². The number of hydrogen-bond donors (Lipinski definition) is 2. The smallest absolute Gasteiger partial charge is 0.122 e. The number of rotatable bonds is 5. The number of hydrogen-bond acceptors (Lipinski definition) is 3. The number of likely N-dealkylation sites (tertiary alicyclic amines) is 1. The quantitative estimate of drug-likeness (QED) is 0.647. The van der Waals surface area contributed by atoms with E-state index in [1.54, 1.807) is 0 Å². The zero-order valence-electron chi connectivity index (χ0n) is 13.4. The van der Waals surface area contributed by atoms with E-state index in [0.29, 0.717) is 12.0 Å². The van der Waals surface area contributed by atoms with E-state index in [2.05, 4.69) is 25.7 Å². The van der Waals surface area contributed by atoms with Gasteiger partial charge in [-0.15, -0.1) is 0 Å². The van der Waals surface area contributed by atoms with E-state index in [9.17, 15) is 0 Å². The minimum Gasteiger partial charge on any atom is -0.492 e.